The van der Waals surface area contributed by atoms with Crippen LogP contribution in [0.4, 0.5) is 0 Å². The average Bonchev–Trinajstić information content (AvgIpc) is 2.35. The first kappa shape index (κ1) is 9.26. The summed E-state index contributed by atoms with van der Waals surface area (Å²) >= 11 is 0. The van der Waals surface area contributed by atoms with E-state index < -0.39 is 0 Å². The Morgan fingerprint density at radius 1 is 1.50 bits per heavy atom. The number of nitrogens with zero attached hydrogens (tertiary/aromatic N) is 1. The van der Waals surface area contributed by atoms with E-state index in [9.17, 15) is 0 Å². The molecule has 0 amide bonds. The molecule has 0 aliphatic heterocycles. The Balaban J connectivity index is 2.77. The first-order valence-corrected chi connectivity index (χ1v) is 4.14. The third-order valence-electron chi connectivity index (χ3n) is 1.62. The second-order valence-corrected chi connectivity index (χ2v) is 3.90. The molecule has 1 heterocycles. The highest BCUT2D eigenvalue weighted by molar-refractivity contribution is 5.05. The van der Waals surface area contributed by atoms with Crippen LogP contribution in [-0.2, 0) is 12.0 Å². The van der Waals surface area contributed by atoms with Gasteiger partial charge in [-0.25, -0.2) is 4.98 Å². The maximum atomic E-state index is 5.51. The van der Waals surface area contributed by atoms with Gasteiger partial charge in [-0.1, -0.05) is 20.8 Å². The summed E-state index contributed by atoms with van der Waals surface area (Å²) in [6, 6.07) is 0. The van der Waals surface area contributed by atoms with Gasteiger partial charge in [0.15, 0.2) is 0 Å². The van der Waals surface area contributed by atoms with Crippen LogP contribution in [0.15, 0.2) is 10.6 Å². The molecule has 1 N–H and O–H groups in total. The van der Waals surface area contributed by atoms with Crippen molar-refractivity contribution in [3.8, 4) is 0 Å². The molecule has 0 saturated heterocycles. The Bertz CT molecular complexity index is 247. The lowest BCUT2D eigenvalue weighted by Gasteiger charge is -2.12. The molecule has 0 atom stereocenters. The molecule has 68 valence electrons. The fraction of sp³-hybridized carbons (Fsp3) is 0.667. The van der Waals surface area contributed by atoms with Crippen LogP contribution >= 0.6 is 0 Å². The predicted molar refractivity (Wildman–Crippen MR) is 48.0 cm³/mol. The van der Waals surface area contributed by atoms with Crippen molar-refractivity contribution in [3.63, 3.8) is 0 Å². The lowest BCUT2D eigenvalue weighted by atomic mass is 9.94. The van der Waals surface area contributed by atoms with Crippen molar-refractivity contribution in [1.82, 2.24) is 10.3 Å². The van der Waals surface area contributed by atoms with Gasteiger partial charge in [0, 0.05) is 5.41 Å². The van der Waals surface area contributed by atoms with E-state index in [1.165, 1.54) is 0 Å². The predicted octanol–water partition coefficient (Wildman–Crippen LogP) is 1.69. The number of rotatable bonds is 2. The van der Waals surface area contributed by atoms with Gasteiger partial charge in [-0.15, -0.1) is 0 Å². The van der Waals surface area contributed by atoms with E-state index in [4.69, 9.17) is 4.42 Å². The smallest absolute Gasteiger partial charge is 0.208 e. The molecule has 0 spiro atoms. The maximum absolute atomic E-state index is 5.51. The van der Waals surface area contributed by atoms with Crippen LogP contribution in [0.1, 0.15) is 32.4 Å². The number of oxazole rings is 1. The fourth-order valence-corrected chi connectivity index (χ4v) is 0.890. The van der Waals surface area contributed by atoms with E-state index in [-0.39, 0.29) is 5.41 Å². The van der Waals surface area contributed by atoms with Gasteiger partial charge in [0.1, 0.15) is 5.76 Å². The van der Waals surface area contributed by atoms with Crippen molar-refractivity contribution in [3.05, 3.63) is 17.8 Å². The molecule has 1 aromatic rings. The van der Waals surface area contributed by atoms with E-state index in [0.29, 0.717) is 6.54 Å². The molecule has 0 aromatic carbocycles. The number of aromatic nitrogens is 1. The summed E-state index contributed by atoms with van der Waals surface area (Å²) in [6.07, 6.45) is 1.80. The number of hydrogen-bond donors (Lipinski definition) is 1. The van der Waals surface area contributed by atoms with E-state index in [1.807, 2.05) is 7.05 Å². The van der Waals surface area contributed by atoms with Crippen molar-refractivity contribution in [1.29, 1.82) is 0 Å². The molecule has 1 rings (SSSR count). The third kappa shape index (κ3) is 2.08. The van der Waals surface area contributed by atoms with Crippen LogP contribution in [-0.4, -0.2) is 12.0 Å². The zero-order chi connectivity index (χ0) is 9.19. The molecule has 0 aliphatic carbocycles. The summed E-state index contributed by atoms with van der Waals surface area (Å²) in [5.74, 6) is 1.69. The van der Waals surface area contributed by atoms with Gasteiger partial charge < -0.3 is 9.73 Å². The molecule has 0 saturated carbocycles. The molecule has 0 radical (unpaired) electrons. The second kappa shape index (κ2) is 3.27. The zero-order valence-corrected chi connectivity index (χ0v) is 8.14. The van der Waals surface area contributed by atoms with Gasteiger partial charge in [-0.3, -0.25) is 0 Å². The Labute approximate surface area is 73.2 Å². The van der Waals surface area contributed by atoms with Crippen molar-refractivity contribution < 1.29 is 4.42 Å². The van der Waals surface area contributed by atoms with Crippen LogP contribution in [0.3, 0.4) is 0 Å². The highest BCUT2D eigenvalue weighted by atomic mass is 16.4. The molecule has 3 heteroatoms. The molecule has 0 aliphatic rings. The normalized spacial score (nSPS) is 12.0. The van der Waals surface area contributed by atoms with Crippen molar-refractivity contribution in [2.24, 2.45) is 0 Å². The second-order valence-electron chi connectivity index (χ2n) is 3.90. The first-order chi connectivity index (χ1) is 5.54. The maximum Gasteiger partial charge on any atom is 0.208 e. The lowest BCUT2D eigenvalue weighted by Crippen LogP contribution is -2.09. The molecule has 12 heavy (non-hydrogen) atoms. The Morgan fingerprint density at radius 3 is 2.58 bits per heavy atom. The van der Waals surface area contributed by atoms with Gasteiger partial charge in [-0.05, 0) is 7.05 Å². The van der Waals surface area contributed by atoms with Crippen molar-refractivity contribution in [2.75, 3.05) is 7.05 Å². The molecular formula is C9H16N2O. The van der Waals surface area contributed by atoms with Gasteiger partial charge in [-0.2, -0.15) is 0 Å². The summed E-state index contributed by atoms with van der Waals surface area (Å²) in [7, 11) is 1.88. The Kier molecular flexibility index (Phi) is 2.52. The topological polar surface area (TPSA) is 38.1 Å². The van der Waals surface area contributed by atoms with Crippen molar-refractivity contribution >= 4 is 0 Å². The molecule has 3 nitrogen and oxygen atoms in total. The minimum atomic E-state index is 0.0546. The van der Waals surface area contributed by atoms with Gasteiger partial charge >= 0.3 is 0 Å². The third-order valence-corrected chi connectivity index (χ3v) is 1.62. The zero-order valence-electron chi connectivity index (χ0n) is 8.14. The summed E-state index contributed by atoms with van der Waals surface area (Å²) in [5.41, 5.74) is 0.0546. The van der Waals surface area contributed by atoms with Crippen LogP contribution < -0.4 is 5.32 Å². The van der Waals surface area contributed by atoms with E-state index >= 15 is 0 Å². The summed E-state index contributed by atoms with van der Waals surface area (Å²) in [6.45, 7) is 7.01. The average molecular weight is 168 g/mol. The molecule has 0 unspecified atom stereocenters. The summed E-state index contributed by atoms with van der Waals surface area (Å²) in [5, 5.41) is 2.99. The Morgan fingerprint density at radius 2 is 2.17 bits per heavy atom. The van der Waals surface area contributed by atoms with Crippen LogP contribution in [0.2, 0.25) is 0 Å². The lowest BCUT2D eigenvalue weighted by molar-refractivity contribution is 0.377. The molecule has 1 aromatic heterocycles. The fourth-order valence-electron chi connectivity index (χ4n) is 0.890. The Hall–Kier alpha value is -0.830. The van der Waals surface area contributed by atoms with Gasteiger partial charge in [0.25, 0.3) is 0 Å². The minimum Gasteiger partial charge on any atom is -0.444 e. The standard InChI is InChI=1S/C9H16N2O/c1-9(2,3)7-5-11-8(12-7)6-10-4/h5,10H,6H2,1-4H3. The van der Waals surface area contributed by atoms with E-state index in [1.54, 1.807) is 6.20 Å². The van der Waals surface area contributed by atoms with Gasteiger partial charge in [0.2, 0.25) is 5.89 Å². The van der Waals surface area contributed by atoms with Crippen molar-refractivity contribution in [2.45, 2.75) is 32.7 Å². The summed E-state index contributed by atoms with van der Waals surface area (Å²) < 4.78 is 5.51. The van der Waals surface area contributed by atoms with E-state index in [0.717, 1.165) is 11.7 Å². The van der Waals surface area contributed by atoms with Crippen LogP contribution in [0.5, 0.6) is 0 Å². The largest absolute Gasteiger partial charge is 0.444 e. The van der Waals surface area contributed by atoms with Gasteiger partial charge in [0.05, 0.1) is 12.7 Å². The number of nitrogens with one attached hydrogen (secondary N) is 1. The SMILES string of the molecule is CNCc1ncc(C(C)(C)C)o1. The highest BCUT2D eigenvalue weighted by Crippen LogP contribution is 2.22. The molecule has 0 fully saturated rings. The monoisotopic (exact) mass is 168 g/mol. The molecular weight excluding hydrogens is 152 g/mol. The van der Waals surface area contributed by atoms with Crippen LogP contribution in [0.25, 0.3) is 0 Å². The van der Waals surface area contributed by atoms with E-state index in [2.05, 4.69) is 31.1 Å². The first-order valence-electron chi connectivity index (χ1n) is 4.14. The highest BCUT2D eigenvalue weighted by Gasteiger charge is 2.18. The minimum absolute atomic E-state index is 0.0546. The number of hydrogen-bond acceptors (Lipinski definition) is 3. The van der Waals surface area contributed by atoms with Crippen LogP contribution in [0, 0.1) is 0 Å². The quantitative estimate of drug-likeness (QED) is 0.730. The molecule has 0 bridgehead atoms. The summed E-state index contributed by atoms with van der Waals surface area (Å²) in [4.78, 5) is 4.14.